The number of likely N-dealkylation sites (N-methyl/N-ethyl adjacent to an activating group) is 1. The number of piperazine rings is 1. The molecule has 0 saturated carbocycles. The molecule has 20 heavy (non-hydrogen) atoms. The molecule has 1 aromatic heterocycles. The average molecular weight is 275 g/mol. The predicted octanol–water partition coefficient (Wildman–Crippen LogP) is 1.46. The summed E-state index contributed by atoms with van der Waals surface area (Å²) in [6.45, 7) is 8.93. The Balaban J connectivity index is 1.69. The van der Waals surface area contributed by atoms with Gasteiger partial charge in [0, 0.05) is 45.3 Å². The van der Waals surface area contributed by atoms with Crippen molar-refractivity contribution in [2.75, 3.05) is 56.1 Å². The van der Waals surface area contributed by atoms with E-state index in [1.165, 1.54) is 12.8 Å². The summed E-state index contributed by atoms with van der Waals surface area (Å²) in [4.78, 5) is 16.1. The van der Waals surface area contributed by atoms with Crippen LogP contribution in [0.15, 0.2) is 12.4 Å². The maximum atomic E-state index is 4.48. The molecule has 0 spiro atoms. The Morgan fingerprint density at radius 2 is 1.45 bits per heavy atom. The van der Waals surface area contributed by atoms with Crippen LogP contribution in [0.1, 0.15) is 19.8 Å². The number of nitrogens with zero attached hydrogens (tertiary/aromatic N) is 5. The molecule has 0 atom stereocenters. The summed E-state index contributed by atoms with van der Waals surface area (Å²) in [7, 11) is 2.18. The van der Waals surface area contributed by atoms with Crippen LogP contribution in [0.2, 0.25) is 0 Å². The number of hydrogen-bond donors (Lipinski definition) is 0. The summed E-state index contributed by atoms with van der Waals surface area (Å²) in [6.07, 6.45) is 4.27. The minimum absolute atomic E-state index is 0.852. The number of anilines is 2. The number of aromatic nitrogens is 2. The molecule has 1 aromatic rings. The van der Waals surface area contributed by atoms with Gasteiger partial charge in [-0.15, -0.1) is 0 Å². The smallest absolute Gasteiger partial charge is 0.134 e. The van der Waals surface area contributed by atoms with Crippen LogP contribution in [-0.4, -0.2) is 61.2 Å². The molecule has 0 amide bonds. The third kappa shape index (κ3) is 3.03. The minimum Gasteiger partial charge on any atom is -0.356 e. The van der Waals surface area contributed by atoms with E-state index in [0.717, 1.165) is 56.8 Å². The van der Waals surface area contributed by atoms with E-state index in [1.807, 2.05) is 0 Å². The van der Waals surface area contributed by atoms with Gasteiger partial charge in [-0.1, -0.05) is 6.92 Å². The molecule has 0 bridgehead atoms. The van der Waals surface area contributed by atoms with E-state index in [-0.39, 0.29) is 0 Å². The van der Waals surface area contributed by atoms with Crippen LogP contribution < -0.4 is 9.80 Å². The normalized spacial score (nSPS) is 22.3. The van der Waals surface area contributed by atoms with E-state index in [1.54, 1.807) is 6.33 Å². The molecule has 0 N–H and O–H groups in total. The molecule has 5 nitrogen and oxygen atoms in total. The highest BCUT2D eigenvalue weighted by Gasteiger charge is 2.19. The van der Waals surface area contributed by atoms with Gasteiger partial charge in [0.15, 0.2) is 0 Å². The summed E-state index contributed by atoms with van der Waals surface area (Å²) in [5.41, 5.74) is 0. The van der Waals surface area contributed by atoms with Gasteiger partial charge in [-0.2, -0.15) is 0 Å². The second-order valence-corrected chi connectivity index (χ2v) is 6.19. The lowest BCUT2D eigenvalue weighted by atomic mass is 9.99. The van der Waals surface area contributed by atoms with Crippen LogP contribution in [0, 0.1) is 5.92 Å². The molecule has 2 fully saturated rings. The van der Waals surface area contributed by atoms with Gasteiger partial charge in [-0.3, -0.25) is 0 Å². The lowest BCUT2D eigenvalue weighted by molar-refractivity contribution is 0.312. The molecule has 0 aliphatic carbocycles. The van der Waals surface area contributed by atoms with Crippen molar-refractivity contribution >= 4 is 11.6 Å². The van der Waals surface area contributed by atoms with Crippen LogP contribution in [0.3, 0.4) is 0 Å². The van der Waals surface area contributed by atoms with Crippen molar-refractivity contribution in [3.05, 3.63) is 12.4 Å². The first kappa shape index (κ1) is 13.6. The van der Waals surface area contributed by atoms with Crippen molar-refractivity contribution < 1.29 is 0 Å². The van der Waals surface area contributed by atoms with E-state index in [9.17, 15) is 0 Å². The maximum absolute atomic E-state index is 4.48. The number of piperidine rings is 1. The van der Waals surface area contributed by atoms with Crippen LogP contribution in [0.4, 0.5) is 11.6 Å². The molecule has 110 valence electrons. The standard InChI is InChI=1S/C15H25N5/c1-13-3-5-19(6-4-13)14-11-15(17-12-16-14)20-9-7-18(2)8-10-20/h11-13H,3-10H2,1-2H3. The quantitative estimate of drug-likeness (QED) is 0.816. The fourth-order valence-corrected chi connectivity index (χ4v) is 2.96. The first-order valence-corrected chi connectivity index (χ1v) is 7.73. The monoisotopic (exact) mass is 275 g/mol. The van der Waals surface area contributed by atoms with E-state index in [2.05, 4.69) is 44.7 Å². The first-order valence-electron chi connectivity index (χ1n) is 7.73. The van der Waals surface area contributed by atoms with Gasteiger partial charge >= 0.3 is 0 Å². The Labute approximate surface area is 121 Å². The molecular formula is C15H25N5. The third-order valence-corrected chi connectivity index (χ3v) is 4.57. The number of rotatable bonds is 2. The zero-order valence-electron chi connectivity index (χ0n) is 12.6. The zero-order chi connectivity index (χ0) is 13.9. The van der Waals surface area contributed by atoms with E-state index >= 15 is 0 Å². The summed E-state index contributed by atoms with van der Waals surface area (Å²) < 4.78 is 0. The molecule has 5 heteroatoms. The van der Waals surface area contributed by atoms with Crippen molar-refractivity contribution in [3.63, 3.8) is 0 Å². The fraction of sp³-hybridized carbons (Fsp3) is 0.733. The summed E-state index contributed by atoms with van der Waals surface area (Å²) in [5.74, 6) is 3.03. The van der Waals surface area contributed by atoms with Crippen molar-refractivity contribution in [2.45, 2.75) is 19.8 Å². The van der Waals surface area contributed by atoms with Crippen LogP contribution in [-0.2, 0) is 0 Å². The topological polar surface area (TPSA) is 35.5 Å². The van der Waals surface area contributed by atoms with Crippen molar-refractivity contribution in [2.24, 2.45) is 5.92 Å². The van der Waals surface area contributed by atoms with Gasteiger partial charge in [0.2, 0.25) is 0 Å². The molecule has 2 aliphatic rings. The summed E-state index contributed by atoms with van der Waals surface area (Å²) in [5, 5.41) is 0. The highest BCUT2D eigenvalue weighted by molar-refractivity contribution is 5.50. The van der Waals surface area contributed by atoms with Crippen molar-refractivity contribution in [3.8, 4) is 0 Å². The second kappa shape index (κ2) is 5.95. The minimum atomic E-state index is 0.852. The van der Waals surface area contributed by atoms with Gasteiger partial charge in [0.25, 0.3) is 0 Å². The Hall–Kier alpha value is -1.36. The molecule has 2 aliphatic heterocycles. The van der Waals surface area contributed by atoms with E-state index in [0.29, 0.717) is 0 Å². The second-order valence-electron chi connectivity index (χ2n) is 6.19. The van der Waals surface area contributed by atoms with Crippen LogP contribution >= 0.6 is 0 Å². The summed E-state index contributed by atoms with van der Waals surface area (Å²) in [6, 6.07) is 2.17. The Bertz CT molecular complexity index is 396. The SMILES string of the molecule is CC1CCN(c2cc(N3CCN(C)CC3)ncn2)CC1. The maximum Gasteiger partial charge on any atom is 0.134 e. The molecule has 0 radical (unpaired) electrons. The van der Waals surface area contributed by atoms with Gasteiger partial charge in [0.1, 0.15) is 18.0 Å². The van der Waals surface area contributed by atoms with Crippen molar-refractivity contribution in [1.29, 1.82) is 0 Å². The van der Waals surface area contributed by atoms with Crippen molar-refractivity contribution in [1.82, 2.24) is 14.9 Å². The molecule has 0 unspecified atom stereocenters. The third-order valence-electron chi connectivity index (χ3n) is 4.57. The molecule has 3 heterocycles. The lowest BCUT2D eigenvalue weighted by Gasteiger charge is -2.34. The van der Waals surface area contributed by atoms with E-state index in [4.69, 9.17) is 0 Å². The molecule has 3 rings (SSSR count). The lowest BCUT2D eigenvalue weighted by Crippen LogP contribution is -2.45. The average Bonchev–Trinajstić information content (AvgIpc) is 2.49. The largest absolute Gasteiger partial charge is 0.356 e. The van der Waals surface area contributed by atoms with Gasteiger partial charge in [-0.05, 0) is 25.8 Å². The Morgan fingerprint density at radius 3 is 2.05 bits per heavy atom. The fourth-order valence-electron chi connectivity index (χ4n) is 2.96. The van der Waals surface area contributed by atoms with E-state index < -0.39 is 0 Å². The molecule has 0 aromatic carbocycles. The van der Waals surface area contributed by atoms with Gasteiger partial charge in [0.05, 0.1) is 0 Å². The van der Waals surface area contributed by atoms with Crippen LogP contribution in [0.5, 0.6) is 0 Å². The Morgan fingerprint density at radius 1 is 0.900 bits per heavy atom. The highest BCUT2D eigenvalue weighted by atomic mass is 15.3. The Kier molecular flexibility index (Phi) is 4.05. The predicted molar refractivity (Wildman–Crippen MR) is 82.4 cm³/mol. The zero-order valence-corrected chi connectivity index (χ0v) is 12.6. The summed E-state index contributed by atoms with van der Waals surface area (Å²) >= 11 is 0. The van der Waals surface area contributed by atoms with Gasteiger partial charge < -0.3 is 14.7 Å². The van der Waals surface area contributed by atoms with Crippen LogP contribution in [0.25, 0.3) is 0 Å². The molecular weight excluding hydrogens is 250 g/mol. The number of hydrogen-bond acceptors (Lipinski definition) is 5. The molecule has 2 saturated heterocycles. The first-order chi connectivity index (χ1) is 9.72. The highest BCUT2D eigenvalue weighted by Crippen LogP contribution is 2.23. The van der Waals surface area contributed by atoms with Gasteiger partial charge in [-0.25, -0.2) is 9.97 Å².